The third kappa shape index (κ3) is 4.40. The number of aryl methyl sites for hydroxylation is 1. The highest BCUT2D eigenvalue weighted by molar-refractivity contribution is 6.46. The SMILES string of the molecule is Cc1ccc(C(C)(C)C)cc1/C(O)=C1\C(=O)C(=O)N(CC2CCCO2)C1c1cccc(O)c1. The highest BCUT2D eigenvalue weighted by atomic mass is 16.5. The van der Waals surface area contributed by atoms with Crippen LogP contribution in [0.5, 0.6) is 5.75 Å². The smallest absolute Gasteiger partial charge is 0.295 e. The standard InChI is InChI=1S/C27H31NO5/c1-16-10-11-18(27(2,3)4)14-21(16)24(30)22-23(17-7-5-8-19(29)13-17)28(26(32)25(22)31)15-20-9-6-12-33-20/h5,7-8,10-11,13-14,20,23,29-30H,6,9,12,15H2,1-4H3/b24-22+. The maximum atomic E-state index is 13.3. The number of phenolic OH excluding ortho intramolecular Hbond substituents is 1. The van der Waals surface area contributed by atoms with E-state index in [2.05, 4.69) is 20.8 Å². The normalized spacial score (nSPS) is 22.8. The molecule has 0 spiro atoms. The molecule has 0 radical (unpaired) electrons. The second-order valence-corrected chi connectivity index (χ2v) is 9.96. The molecule has 2 N–H and O–H groups in total. The molecule has 174 valence electrons. The van der Waals surface area contributed by atoms with Crippen molar-refractivity contribution in [2.45, 2.75) is 58.1 Å². The van der Waals surface area contributed by atoms with Gasteiger partial charge in [-0.2, -0.15) is 0 Å². The summed E-state index contributed by atoms with van der Waals surface area (Å²) in [7, 11) is 0. The van der Waals surface area contributed by atoms with Gasteiger partial charge in [0.1, 0.15) is 11.5 Å². The quantitative estimate of drug-likeness (QED) is 0.405. The Labute approximate surface area is 194 Å². The Kier molecular flexibility index (Phi) is 6.06. The number of hydrogen-bond acceptors (Lipinski definition) is 5. The monoisotopic (exact) mass is 449 g/mol. The number of aliphatic hydroxyl groups excluding tert-OH is 1. The van der Waals surface area contributed by atoms with Crippen molar-refractivity contribution in [3.8, 4) is 5.75 Å². The predicted molar refractivity (Wildman–Crippen MR) is 126 cm³/mol. The molecule has 0 aliphatic carbocycles. The molecule has 2 saturated heterocycles. The summed E-state index contributed by atoms with van der Waals surface area (Å²) >= 11 is 0. The topological polar surface area (TPSA) is 87.1 Å². The van der Waals surface area contributed by atoms with Crippen LogP contribution >= 0.6 is 0 Å². The Morgan fingerprint density at radius 1 is 1.15 bits per heavy atom. The number of nitrogens with zero attached hydrogens (tertiary/aromatic N) is 1. The number of likely N-dealkylation sites (tertiary alicyclic amines) is 1. The van der Waals surface area contributed by atoms with Crippen LogP contribution in [0.25, 0.3) is 5.76 Å². The zero-order valence-corrected chi connectivity index (χ0v) is 19.6. The largest absolute Gasteiger partial charge is 0.508 e. The molecular weight excluding hydrogens is 418 g/mol. The first kappa shape index (κ1) is 23.1. The second kappa shape index (κ2) is 8.67. The molecule has 2 aliphatic heterocycles. The van der Waals surface area contributed by atoms with E-state index in [0.29, 0.717) is 17.7 Å². The Morgan fingerprint density at radius 3 is 2.55 bits per heavy atom. The van der Waals surface area contributed by atoms with Crippen molar-refractivity contribution < 1.29 is 24.5 Å². The molecule has 0 saturated carbocycles. The lowest BCUT2D eigenvalue weighted by Gasteiger charge is -2.28. The number of hydrogen-bond donors (Lipinski definition) is 2. The molecule has 2 aromatic rings. The maximum absolute atomic E-state index is 13.3. The summed E-state index contributed by atoms with van der Waals surface area (Å²) in [5.41, 5.74) is 2.80. The van der Waals surface area contributed by atoms with Crippen molar-refractivity contribution in [3.63, 3.8) is 0 Å². The number of carbonyl (C=O) groups is 2. The zero-order chi connectivity index (χ0) is 23.9. The van der Waals surface area contributed by atoms with E-state index in [4.69, 9.17) is 4.74 Å². The number of ketones is 1. The number of aromatic hydroxyl groups is 1. The van der Waals surface area contributed by atoms with Crippen LogP contribution in [-0.2, 0) is 19.7 Å². The Hall–Kier alpha value is -3.12. The first-order chi connectivity index (χ1) is 15.6. The van der Waals surface area contributed by atoms with Crippen LogP contribution in [0.1, 0.15) is 61.9 Å². The lowest BCUT2D eigenvalue weighted by Crippen LogP contribution is -2.36. The number of amides is 1. The summed E-state index contributed by atoms with van der Waals surface area (Å²) in [4.78, 5) is 27.9. The van der Waals surface area contributed by atoms with Gasteiger partial charge in [-0.3, -0.25) is 9.59 Å². The lowest BCUT2D eigenvalue weighted by atomic mass is 9.84. The van der Waals surface area contributed by atoms with Crippen molar-refractivity contribution in [2.24, 2.45) is 0 Å². The minimum Gasteiger partial charge on any atom is -0.508 e. The summed E-state index contributed by atoms with van der Waals surface area (Å²) in [6.07, 6.45) is 1.56. The summed E-state index contributed by atoms with van der Waals surface area (Å²) < 4.78 is 5.73. The minimum atomic E-state index is -0.806. The highest BCUT2D eigenvalue weighted by Crippen LogP contribution is 2.41. The molecule has 1 amide bonds. The van der Waals surface area contributed by atoms with Crippen LogP contribution < -0.4 is 0 Å². The highest BCUT2D eigenvalue weighted by Gasteiger charge is 2.47. The summed E-state index contributed by atoms with van der Waals surface area (Å²) in [6.45, 7) is 8.98. The van der Waals surface area contributed by atoms with Crippen LogP contribution in [0.3, 0.4) is 0 Å². The molecule has 6 nitrogen and oxygen atoms in total. The first-order valence-electron chi connectivity index (χ1n) is 11.4. The Balaban J connectivity index is 1.88. The lowest BCUT2D eigenvalue weighted by molar-refractivity contribution is -0.140. The maximum Gasteiger partial charge on any atom is 0.295 e. The number of carbonyl (C=O) groups excluding carboxylic acids is 2. The van der Waals surface area contributed by atoms with Crippen molar-refractivity contribution >= 4 is 17.4 Å². The van der Waals surface area contributed by atoms with Gasteiger partial charge in [0.15, 0.2) is 0 Å². The Bertz CT molecular complexity index is 1120. The average molecular weight is 450 g/mol. The van der Waals surface area contributed by atoms with Crippen LogP contribution in [0.15, 0.2) is 48.0 Å². The van der Waals surface area contributed by atoms with Crippen molar-refractivity contribution in [3.05, 3.63) is 70.3 Å². The van der Waals surface area contributed by atoms with Crippen LogP contribution in [-0.4, -0.2) is 46.1 Å². The predicted octanol–water partition coefficient (Wildman–Crippen LogP) is 4.60. The van der Waals surface area contributed by atoms with Crippen LogP contribution in [0.4, 0.5) is 0 Å². The van der Waals surface area contributed by atoms with Crippen LogP contribution in [0, 0.1) is 6.92 Å². The molecule has 2 aromatic carbocycles. The molecular formula is C27H31NO5. The van der Waals surface area contributed by atoms with Gasteiger partial charge in [-0.15, -0.1) is 0 Å². The van der Waals surface area contributed by atoms with Gasteiger partial charge in [-0.05, 0) is 60.1 Å². The van der Waals surface area contributed by atoms with Crippen LogP contribution in [0.2, 0.25) is 0 Å². The molecule has 0 aromatic heterocycles. The van der Waals surface area contributed by atoms with Crippen molar-refractivity contribution in [1.82, 2.24) is 4.90 Å². The number of rotatable bonds is 4. The van der Waals surface area contributed by atoms with Crippen molar-refractivity contribution in [2.75, 3.05) is 13.2 Å². The average Bonchev–Trinajstić information content (AvgIpc) is 3.35. The van der Waals surface area contributed by atoms with E-state index >= 15 is 0 Å². The van der Waals surface area contributed by atoms with E-state index < -0.39 is 17.7 Å². The van der Waals surface area contributed by atoms with Crippen molar-refractivity contribution in [1.29, 1.82) is 0 Å². The third-order valence-corrected chi connectivity index (χ3v) is 6.51. The fourth-order valence-corrected chi connectivity index (χ4v) is 4.61. The summed E-state index contributed by atoms with van der Waals surface area (Å²) in [5.74, 6) is -1.55. The van der Waals surface area contributed by atoms with Gasteiger partial charge in [0, 0.05) is 18.7 Å². The van der Waals surface area contributed by atoms with Gasteiger partial charge in [0.25, 0.3) is 11.7 Å². The molecule has 33 heavy (non-hydrogen) atoms. The molecule has 2 unspecified atom stereocenters. The second-order valence-electron chi connectivity index (χ2n) is 9.96. The fourth-order valence-electron chi connectivity index (χ4n) is 4.61. The van der Waals surface area contributed by atoms with E-state index in [1.165, 1.54) is 17.0 Å². The fraction of sp³-hybridized carbons (Fsp3) is 0.407. The summed E-state index contributed by atoms with van der Waals surface area (Å²) in [6, 6.07) is 11.5. The first-order valence-corrected chi connectivity index (χ1v) is 11.4. The van der Waals surface area contributed by atoms with Gasteiger partial charge >= 0.3 is 0 Å². The number of phenols is 1. The van der Waals surface area contributed by atoms with Gasteiger partial charge in [0.2, 0.25) is 0 Å². The van der Waals surface area contributed by atoms with Gasteiger partial charge < -0.3 is 19.8 Å². The number of aliphatic hydroxyl groups is 1. The van der Waals surface area contributed by atoms with E-state index in [-0.39, 0.29) is 35.1 Å². The number of ether oxygens (including phenoxy) is 1. The van der Waals surface area contributed by atoms with Gasteiger partial charge in [0.05, 0.1) is 17.7 Å². The molecule has 2 atom stereocenters. The molecule has 2 heterocycles. The Morgan fingerprint density at radius 2 is 1.91 bits per heavy atom. The van der Waals surface area contributed by atoms with E-state index in [0.717, 1.165) is 24.0 Å². The minimum absolute atomic E-state index is 0.0288. The molecule has 2 aliphatic rings. The molecule has 2 fully saturated rings. The van der Waals surface area contributed by atoms with Gasteiger partial charge in [-0.25, -0.2) is 0 Å². The number of Topliss-reactive ketones (excluding diaryl/α,β-unsaturated/α-hetero) is 1. The molecule has 6 heteroatoms. The zero-order valence-electron chi connectivity index (χ0n) is 19.6. The third-order valence-electron chi connectivity index (χ3n) is 6.51. The van der Waals surface area contributed by atoms with E-state index in [9.17, 15) is 19.8 Å². The van der Waals surface area contributed by atoms with E-state index in [1.54, 1.807) is 12.1 Å². The van der Waals surface area contributed by atoms with Gasteiger partial charge in [-0.1, -0.05) is 45.0 Å². The summed E-state index contributed by atoms with van der Waals surface area (Å²) in [5, 5.41) is 21.5. The number of benzene rings is 2. The molecule has 4 rings (SSSR count). The van der Waals surface area contributed by atoms with E-state index in [1.807, 2.05) is 25.1 Å². The molecule has 0 bridgehead atoms.